The average molecular weight is 282 g/mol. The number of carbonyl (C=O) groups is 1. The van der Waals surface area contributed by atoms with Gasteiger partial charge in [-0.1, -0.05) is 13.8 Å². The van der Waals surface area contributed by atoms with E-state index in [1.807, 2.05) is 14.0 Å². The van der Waals surface area contributed by atoms with E-state index >= 15 is 0 Å². The van der Waals surface area contributed by atoms with Gasteiger partial charge in [-0.3, -0.25) is 0 Å². The van der Waals surface area contributed by atoms with Gasteiger partial charge in [-0.2, -0.15) is 0 Å². The zero-order chi connectivity index (χ0) is 14.8. The van der Waals surface area contributed by atoms with Crippen molar-refractivity contribution in [1.82, 2.24) is 10.2 Å². The predicted octanol–water partition coefficient (Wildman–Crippen LogP) is 2.04. The zero-order valence-corrected chi connectivity index (χ0v) is 13.5. The van der Waals surface area contributed by atoms with Crippen molar-refractivity contribution in [2.75, 3.05) is 33.3 Å². The van der Waals surface area contributed by atoms with Crippen molar-refractivity contribution in [2.24, 2.45) is 11.3 Å². The molecule has 116 valence electrons. The molecule has 4 heteroatoms. The van der Waals surface area contributed by atoms with Gasteiger partial charge in [0.05, 0.1) is 6.61 Å². The van der Waals surface area contributed by atoms with Gasteiger partial charge >= 0.3 is 5.97 Å². The summed E-state index contributed by atoms with van der Waals surface area (Å²) in [5.41, 5.74) is -0.0419. The Morgan fingerprint density at radius 2 is 1.95 bits per heavy atom. The van der Waals surface area contributed by atoms with Gasteiger partial charge in [-0.05, 0) is 64.1 Å². The van der Waals surface area contributed by atoms with Crippen molar-refractivity contribution in [3.63, 3.8) is 0 Å². The maximum atomic E-state index is 12.5. The van der Waals surface area contributed by atoms with Crippen molar-refractivity contribution in [2.45, 2.75) is 52.0 Å². The van der Waals surface area contributed by atoms with Gasteiger partial charge in [0.25, 0.3) is 0 Å². The zero-order valence-electron chi connectivity index (χ0n) is 13.5. The van der Waals surface area contributed by atoms with Gasteiger partial charge in [-0.25, -0.2) is 4.79 Å². The van der Waals surface area contributed by atoms with Crippen LogP contribution in [0.25, 0.3) is 0 Å². The Hall–Kier alpha value is -0.610. The summed E-state index contributed by atoms with van der Waals surface area (Å²) >= 11 is 0. The molecule has 1 heterocycles. The summed E-state index contributed by atoms with van der Waals surface area (Å²) in [7, 11) is 1.91. The van der Waals surface area contributed by atoms with Crippen LogP contribution in [0.5, 0.6) is 0 Å². The van der Waals surface area contributed by atoms with E-state index in [-0.39, 0.29) is 5.97 Å². The van der Waals surface area contributed by atoms with E-state index in [0.29, 0.717) is 17.9 Å². The number of rotatable bonds is 6. The third-order valence-electron chi connectivity index (χ3n) is 5.04. The van der Waals surface area contributed by atoms with Gasteiger partial charge in [0.2, 0.25) is 0 Å². The first-order valence-electron chi connectivity index (χ1n) is 8.02. The highest BCUT2D eigenvalue weighted by Gasteiger charge is 2.52. The molecule has 0 radical (unpaired) electrons. The number of likely N-dealkylation sites (tertiary alicyclic amines) is 1. The fourth-order valence-electron chi connectivity index (χ4n) is 3.25. The second-order valence-corrected chi connectivity index (χ2v) is 7.16. The lowest BCUT2D eigenvalue weighted by atomic mass is 9.81. The molecule has 2 aliphatic rings. The van der Waals surface area contributed by atoms with E-state index in [4.69, 9.17) is 4.74 Å². The smallest absolute Gasteiger partial charge is 0.327 e. The van der Waals surface area contributed by atoms with E-state index in [1.54, 1.807) is 0 Å². The number of likely N-dealkylation sites (N-methyl/N-ethyl adjacent to an activating group) is 1. The van der Waals surface area contributed by atoms with Gasteiger partial charge < -0.3 is 15.0 Å². The van der Waals surface area contributed by atoms with Crippen LogP contribution in [-0.4, -0.2) is 49.7 Å². The second-order valence-electron chi connectivity index (χ2n) is 7.16. The summed E-state index contributed by atoms with van der Waals surface area (Å²) in [6.45, 7) is 9.98. The monoisotopic (exact) mass is 282 g/mol. The van der Waals surface area contributed by atoms with Crippen LogP contribution < -0.4 is 5.32 Å². The van der Waals surface area contributed by atoms with Crippen molar-refractivity contribution in [3.8, 4) is 0 Å². The lowest BCUT2D eigenvalue weighted by molar-refractivity contribution is -0.153. The third kappa shape index (κ3) is 3.34. The fraction of sp³-hybridized carbons (Fsp3) is 0.938. The normalized spacial score (nSPS) is 26.0. The van der Waals surface area contributed by atoms with Crippen LogP contribution in [0.3, 0.4) is 0 Å². The summed E-state index contributed by atoms with van der Waals surface area (Å²) in [4.78, 5) is 14.9. The van der Waals surface area contributed by atoms with Crippen LogP contribution in [0.2, 0.25) is 0 Å². The summed E-state index contributed by atoms with van der Waals surface area (Å²) in [5, 5.41) is 3.31. The summed E-state index contributed by atoms with van der Waals surface area (Å²) in [6, 6.07) is 0. The molecule has 1 N–H and O–H groups in total. The first-order chi connectivity index (χ1) is 9.43. The highest BCUT2D eigenvalue weighted by molar-refractivity contribution is 5.82. The molecule has 2 rings (SSSR count). The molecule has 0 amide bonds. The Balaban J connectivity index is 2.03. The Bertz CT molecular complexity index is 342. The van der Waals surface area contributed by atoms with E-state index < -0.39 is 5.54 Å². The molecule has 1 aliphatic carbocycles. The van der Waals surface area contributed by atoms with E-state index in [9.17, 15) is 4.79 Å². The van der Waals surface area contributed by atoms with Crippen LogP contribution in [0.4, 0.5) is 0 Å². The van der Waals surface area contributed by atoms with Gasteiger partial charge in [0.15, 0.2) is 0 Å². The molecule has 1 saturated carbocycles. The SMILES string of the molecule is CCOC(=O)C(CN1CCC(C)(C)CC1)(NC)C1CC1. The molecular weight excluding hydrogens is 252 g/mol. The fourth-order valence-corrected chi connectivity index (χ4v) is 3.25. The third-order valence-corrected chi connectivity index (χ3v) is 5.04. The molecule has 4 nitrogen and oxygen atoms in total. The molecule has 2 fully saturated rings. The molecule has 1 unspecified atom stereocenters. The maximum Gasteiger partial charge on any atom is 0.327 e. The highest BCUT2D eigenvalue weighted by atomic mass is 16.5. The number of nitrogens with one attached hydrogen (secondary N) is 1. The lowest BCUT2D eigenvalue weighted by Crippen LogP contribution is -2.61. The number of hydrogen-bond acceptors (Lipinski definition) is 4. The van der Waals surface area contributed by atoms with Crippen LogP contribution in [0.15, 0.2) is 0 Å². The Labute approximate surface area is 123 Å². The standard InChI is InChI=1S/C16H30N2O2/c1-5-20-14(19)16(17-4,13-6-7-13)12-18-10-8-15(2,3)9-11-18/h13,17H,5-12H2,1-4H3. The van der Waals surface area contributed by atoms with Crippen LogP contribution in [-0.2, 0) is 9.53 Å². The van der Waals surface area contributed by atoms with Crippen LogP contribution >= 0.6 is 0 Å². The molecule has 0 bridgehead atoms. The molecular formula is C16H30N2O2. The molecule has 20 heavy (non-hydrogen) atoms. The summed E-state index contributed by atoms with van der Waals surface area (Å²) in [6.07, 6.45) is 4.69. The summed E-state index contributed by atoms with van der Waals surface area (Å²) < 4.78 is 5.35. The number of piperidine rings is 1. The number of carbonyl (C=O) groups excluding carboxylic acids is 1. The molecule has 1 atom stereocenters. The molecule has 0 aromatic heterocycles. The van der Waals surface area contributed by atoms with Crippen molar-refractivity contribution >= 4 is 5.97 Å². The first-order valence-corrected chi connectivity index (χ1v) is 8.02. The predicted molar refractivity (Wildman–Crippen MR) is 80.6 cm³/mol. The largest absolute Gasteiger partial charge is 0.465 e. The summed E-state index contributed by atoms with van der Waals surface area (Å²) in [5.74, 6) is 0.385. The van der Waals surface area contributed by atoms with E-state index in [0.717, 1.165) is 32.5 Å². The van der Waals surface area contributed by atoms with E-state index in [1.165, 1.54) is 12.8 Å². The quantitative estimate of drug-likeness (QED) is 0.757. The number of nitrogens with zero attached hydrogens (tertiary/aromatic N) is 1. The molecule has 0 aromatic carbocycles. The average Bonchev–Trinajstić information content (AvgIpc) is 3.23. The van der Waals surface area contributed by atoms with Crippen molar-refractivity contribution < 1.29 is 9.53 Å². The van der Waals surface area contributed by atoms with E-state index in [2.05, 4.69) is 24.1 Å². The molecule has 0 spiro atoms. The number of hydrogen-bond donors (Lipinski definition) is 1. The number of esters is 1. The Kier molecular flexibility index (Phi) is 4.75. The highest BCUT2D eigenvalue weighted by Crippen LogP contribution is 2.41. The number of ether oxygens (including phenoxy) is 1. The lowest BCUT2D eigenvalue weighted by Gasteiger charge is -2.42. The van der Waals surface area contributed by atoms with Crippen LogP contribution in [0, 0.1) is 11.3 Å². The van der Waals surface area contributed by atoms with Crippen molar-refractivity contribution in [3.05, 3.63) is 0 Å². The molecule has 1 saturated heterocycles. The first kappa shape index (κ1) is 15.8. The Morgan fingerprint density at radius 3 is 2.40 bits per heavy atom. The topological polar surface area (TPSA) is 41.6 Å². The minimum atomic E-state index is -0.489. The molecule has 0 aromatic rings. The molecule has 1 aliphatic heterocycles. The Morgan fingerprint density at radius 1 is 1.35 bits per heavy atom. The van der Waals surface area contributed by atoms with Crippen LogP contribution in [0.1, 0.15) is 46.5 Å². The van der Waals surface area contributed by atoms with Gasteiger partial charge in [-0.15, -0.1) is 0 Å². The van der Waals surface area contributed by atoms with Crippen molar-refractivity contribution in [1.29, 1.82) is 0 Å². The minimum absolute atomic E-state index is 0.0603. The van der Waals surface area contributed by atoms with Gasteiger partial charge in [0.1, 0.15) is 5.54 Å². The minimum Gasteiger partial charge on any atom is -0.465 e. The second kappa shape index (κ2) is 6.02. The van der Waals surface area contributed by atoms with Gasteiger partial charge in [0, 0.05) is 6.54 Å². The maximum absolute atomic E-state index is 12.5.